The molecule has 0 bridgehead atoms. The van der Waals surface area contributed by atoms with Gasteiger partial charge in [0.25, 0.3) is 0 Å². The van der Waals surface area contributed by atoms with Crippen molar-refractivity contribution in [1.82, 2.24) is 10.2 Å². The first-order valence-corrected chi connectivity index (χ1v) is 8.28. The fourth-order valence-electron chi connectivity index (χ4n) is 3.20. The zero-order chi connectivity index (χ0) is 15.2. The molecule has 1 N–H and O–H groups in total. The lowest BCUT2D eigenvalue weighted by atomic mass is 10.1. The molecule has 1 heterocycles. The normalized spacial score (nSPS) is 19.0. The van der Waals surface area contributed by atoms with Gasteiger partial charge in [-0.2, -0.15) is 0 Å². The minimum atomic E-state index is 0.659. The zero-order valence-corrected chi connectivity index (χ0v) is 14.1. The number of likely N-dealkylation sites (N-methyl/N-ethyl adjacent to an activating group) is 1. The average molecular weight is 289 g/mol. The summed E-state index contributed by atoms with van der Waals surface area (Å²) in [7, 11) is 4.35. The standard InChI is InChI=1S/C18H31N3/c1-15(2)12-19-13-16-8-5-6-10-18(16)21-11-7-9-17(21)14-20(3)4/h5-6,8,10,15,17,19H,7,9,11-14H2,1-4H3. The van der Waals surface area contributed by atoms with Crippen LogP contribution in [0.5, 0.6) is 0 Å². The Hall–Kier alpha value is -1.06. The van der Waals surface area contributed by atoms with Gasteiger partial charge in [-0.15, -0.1) is 0 Å². The van der Waals surface area contributed by atoms with Crippen LogP contribution in [0.2, 0.25) is 0 Å². The summed E-state index contributed by atoms with van der Waals surface area (Å²) >= 11 is 0. The van der Waals surface area contributed by atoms with Gasteiger partial charge in [0.05, 0.1) is 0 Å². The van der Waals surface area contributed by atoms with Gasteiger partial charge in [0, 0.05) is 31.4 Å². The Morgan fingerprint density at radius 2 is 2.05 bits per heavy atom. The second-order valence-electron chi connectivity index (χ2n) is 6.91. The van der Waals surface area contributed by atoms with Crippen LogP contribution in [-0.2, 0) is 6.54 Å². The molecular formula is C18H31N3. The first kappa shape index (κ1) is 16.3. The number of benzene rings is 1. The number of anilines is 1. The van der Waals surface area contributed by atoms with Gasteiger partial charge < -0.3 is 15.1 Å². The Balaban J connectivity index is 2.07. The van der Waals surface area contributed by atoms with Crippen LogP contribution in [0, 0.1) is 5.92 Å². The van der Waals surface area contributed by atoms with Crippen LogP contribution in [0.1, 0.15) is 32.3 Å². The van der Waals surface area contributed by atoms with E-state index in [1.807, 2.05) is 0 Å². The molecule has 0 aromatic heterocycles. The summed E-state index contributed by atoms with van der Waals surface area (Å²) in [6, 6.07) is 9.55. The molecule has 2 rings (SSSR count). The molecule has 1 saturated heterocycles. The van der Waals surface area contributed by atoms with Gasteiger partial charge in [-0.1, -0.05) is 32.0 Å². The third kappa shape index (κ3) is 4.72. The summed E-state index contributed by atoms with van der Waals surface area (Å²) < 4.78 is 0. The highest BCUT2D eigenvalue weighted by atomic mass is 15.2. The van der Waals surface area contributed by atoms with Gasteiger partial charge in [-0.25, -0.2) is 0 Å². The Kier molecular flexibility index (Phi) is 6.07. The quantitative estimate of drug-likeness (QED) is 0.832. The lowest BCUT2D eigenvalue weighted by molar-refractivity contribution is 0.372. The van der Waals surface area contributed by atoms with E-state index in [1.54, 1.807) is 0 Å². The molecule has 1 aliphatic rings. The summed E-state index contributed by atoms with van der Waals surface area (Å²) in [6.07, 6.45) is 2.62. The lowest BCUT2D eigenvalue weighted by Gasteiger charge is -2.31. The Labute approximate surface area is 130 Å². The van der Waals surface area contributed by atoms with E-state index in [1.165, 1.54) is 30.6 Å². The van der Waals surface area contributed by atoms with Crippen LogP contribution >= 0.6 is 0 Å². The third-order valence-electron chi connectivity index (χ3n) is 4.12. The zero-order valence-electron chi connectivity index (χ0n) is 14.1. The maximum Gasteiger partial charge on any atom is 0.0417 e. The maximum atomic E-state index is 3.58. The molecule has 1 aliphatic heterocycles. The molecule has 1 aromatic carbocycles. The van der Waals surface area contributed by atoms with Gasteiger partial charge in [0.15, 0.2) is 0 Å². The third-order valence-corrected chi connectivity index (χ3v) is 4.12. The summed E-state index contributed by atoms with van der Waals surface area (Å²) in [5.41, 5.74) is 2.86. The monoisotopic (exact) mass is 289 g/mol. The molecule has 0 saturated carbocycles. The van der Waals surface area contributed by atoms with E-state index in [2.05, 4.69) is 67.3 Å². The van der Waals surface area contributed by atoms with E-state index < -0.39 is 0 Å². The van der Waals surface area contributed by atoms with Crippen molar-refractivity contribution in [2.24, 2.45) is 5.92 Å². The number of para-hydroxylation sites is 1. The van der Waals surface area contributed by atoms with E-state index in [-0.39, 0.29) is 0 Å². The van der Waals surface area contributed by atoms with Crippen LogP contribution in [0.4, 0.5) is 5.69 Å². The van der Waals surface area contributed by atoms with E-state index in [9.17, 15) is 0 Å². The molecular weight excluding hydrogens is 258 g/mol. The smallest absolute Gasteiger partial charge is 0.0417 e. The first-order chi connectivity index (χ1) is 10.1. The van der Waals surface area contributed by atoms with E-state index in [0.717, 1.165) is 19.6 Å². The summed E-state index contributed by atoms with van der Waals surface area (Å²) in [6.45, 7) is 8.90. The van der Waals surface area contributed by atoms with Crippen LogP contribution < -0.4 is 10.2 Å². The lowest BCUT2D eigenvalue weighted by Crippen LogP contribution is -2.38. The van der Waals surface area contributed by atoms with Crippen LogP contribution in [0.15, 0.2) is 24.3 Å². The summed E-state index contributed by atoms with van der Waals surface area (Å²) in [4.78, 5) is 4.93. The number of hydrogen-bond donors (Lipinski definition) is 1. The predicted octanol–water partition coefficient (Wildman–Crippen LogP) is 2.96. The van der Waals surface area contributed by atoms with E-state index in [0.29, 0.717) is 12.0 Å². The second-order valence-corrected chi connectivity index (χ2v) is 6.91. The van der Waals surface area contributed by atoms with Crippen LogP contribution in [-0.4, -0.2) is 44.7 Å². The number of nitrogens with zero attached hydrogens (tertiary/aromatic N) is 2. The molecule has 118 valence electrons. The van der Waals surface area contributed by atoms with Crippen molar-refractivity contribution in [3.8, 4) is 0 Å². The molecule has 0 amide bonds. The maximum absolute atomic E-state index is 3.58. The molecule has 1 atom stereocenters. The number of rotatable bonds is 7. The predicted molar refractivity (Wildman–Crippen MR) is 91.9 cm³/mol. The van der Waals surface area contributed by atoms with E-state index in [4.69, 9.17) is 0 Å². The SMILES string of the molecule is CC(C)CNCc1ccccc1N1CCCC1CN(C)C. The van der Waals surface area contributed by atoms with Crippen molar-refractivity contribution in [2.75, 3.05) is 38.6 Å². The molecule has 21 heavy (non-hydrogen) atoms. The highest BCUT2D eigenvalue weighted by Gasteiger charge is 2.26. The minimum absolute atomic E-state index is 0.659. The minimum Gasteiger partial charge on any atom is -0.367 e. The fourth-order valence-corrected chi connectivity index (χ4v) is 3.20. The topological polar surface area (TPSA) is 18.5 Å². The van der Waals surface area contributed by atoms with E-state index >= 15 is 0 Å². The molecule has 1 aromatic rings. The summed E-state index contributed by atoms with van der Waals surface area (Å²) in [5, 5.41) is 3.58. The molecule has 3 nitrogen and oxygen atoms in total. The molecule has 0 aliphatic carbocycles. The largest absolute Gasteiger partial charge is 0.367 e. The number of hydrogen-bond acceptors (Lipinski definition) is 3. The van der Waals surface area contributed by atoms with Gasteiger partial charge in [0.2, 0.25) is 0 Å². The van der Waals surface area contributed by atoms with Crippen molar-refractivity contribution < 1.29 is 0 Å². The van der Waals surface area contributed by atoms with Crippen molar-refractivity contribution in [2.45, 2.75) is 39.3 Å². The Morgan fingerprint density at radius 1 is 1.29 bits per heavy atom. The Morgan fingerprint density at radius 3 is 2.76 bits per heavy atom. The molecule has 3 heteroatoms. The highest BCUT2D eigenvalue weighted by molar-refractivity contribution is 5.55. The number of nitrogens with one attached hydrogen (secondary N) is 1. The van der Waals surface area contributed by atoms with Crippen LogP contribution in [0.3, 0.4) is 0 Å². The van der Waals surface area contributed by atoms with Crippen molar-refractivity contribution >= 4 is 5.69 Å². The second kappa shape index (κ2) is 7.81. The average Bonchev–Trinajstić information content (AvgIpc) is 2.86. The van der Waals surface area contributed by atoms with Crippen molar-refractivity contribution in [3.05, 3.63) is 29.8 Å². The van der Waals surface area contributed by atoms with Crippen molar-refractivity contribution in [1.29, 1.82) is 0 Å². The van der Waals surface area contributed by atoms with Gasteiger partial charge in [-0.05, 0) is 51.0 Å². The van der Waals surface area contributed by atoms with Gasteiger partial charge in [-0.3, -0.25) is 0 Å². The van der Waals surface area contributed by atoms with Gasteiger partial charge in [0.1, 0.15) is 0 Å². The molecule has 1 unspecified atom stereocenters. The summed E-state index contributed by atoms with van der Waals surface area (Å²) in [5.74, 6) is 0.699. The van der Waals surface area contributed by atoms with Crippen molar-refractivity contribution in [3.63, 3.8) is 0 Å². The first-order valence-electron chi connectivity index (χ1n) is 8.28. The molecule has 0 spiro atoms. The highest BCUT2D eigenvalue weighted by Crippen LogP contribution is 2.29. The molecule has 1 fully saturated rings. The van der Waals surface area contributed by atoms with Crippen LogP contribution in [0.25, 0.3) is 0 Å². The Bertz CT molecular complexity index is 428. The van der Waals surface area contributed by atoms with Gasteiger partial charge >= 0.3 is 0 Å². The molecule has 0 radical (unpaired) electrons. The fraction of sp³-hybridized carbons (Fsp3) is 0.667.